The van der Waals surface area contributed by atoms with E-state index in [4.69, 9.17) is 9.72 Å². The molecule has 5 rings (SSSR count). The summed E-state index contributed by atoms with van der Waals surface area (Å²) in [5, 5.41) is 6.47. The Balaban J connectivity index is 1.53. The second-order valence-electron chi connectivity index (χ2n) is 8.59. The first-order valence-corrected chi connectivity index (χ1v) is 10.7. The van der Waals surface area contributed by atoms with Gasteiger partial charge in [-0.05, 0) is 30.4 Å². The van der Waals surface area contributed by atoms with E-state index in [-0.39, 0.29) is 11.0 Å². The highest BCUT2D eigenvalue weighted by Gasteiger charge is 2.34. The number of para-hydroxylation sites is 2. The minimum atomic E-state index is -0.499. The van der Waals surface area contributed by atoms with Crippen LogP contribution in [0, 0.1) is 5.41 Å². The summed E-state index contributed by atoms with van der Waals surface area (Å²) in [6, 6.07) is 8.06. The Morgan fingerprint density at radius 1 is 1.19 bits per heavy atom. The molecule has 2 aromatic rings. The number of hydrogen-bond acceptors (Lipinski definition) is 5. The summed E-state index contributed by atoms with van der Waals surface area (Å²) in [5.74, 6) is 0.478. The maximum absolute atomic E-state index is 12.3. The second-order valence-corrected chi connectivity index (χ2v) is 8.59. The Kier molecular flexibility index (Phi) is 4.84. The lowest BCUT2D eigenvalue weighted by Gasteiger charge is -2.37. The predicted molar refractivity (Wildman–Crippen MR) is 116 cm³/mol. The molecule has 1 fully saturated rings. The van der Waals surface area contributed by atoms with Gasteiger partial charge in [0.15, 0.2) is 0 Å². The fourth-order valence-corrected chi connectivity index (χ4v) is 4.96. The van der Waals surface area contributed by atoms with Gasteiger partial charge in [-0.15, -0.1) is 0 Å². The third kappa shape index (κ3) is 3.62. The Morgan fingerprint density at radius 2 is 2.00 bits per heavy atom. The number of aromatic nitrogens is 5. The Morgan fingerprint density at radius 3 is 2.77 bits per heavy atom. The van der Waals surface area contributed by atoms with Crippen LogP contribution in [0.15, 0.2) is 41.5 Å². The highest BCUT2D eigenvalue weighted by molar-refractivity contribution is 5.95. The number of imidazole rings is 1. The van der Waals surface area contributed by atoms with Crippen LogP contribution in [0.25, 0.3) is 22.3 Å². The van der Waals surface area contributed by atoms with Crippen LogP contribution in [-0.2, 0) is 17.7 Å². The molecule has 160 valence electrons. The summed E-state index contributed by atoms with van der Waals surface area (Å²) in [7, 11) is 1.33. The van der Waals surface area contributed by atoms with Crippen LogP contribution < -0.4 is 5.56 Å². The first-order chi connectivity index (χ1) is 15.1. The van der Waals surface area contributed by atoms with Crippen LogP contribution in [0.5, 0.6) is 0 Å². The molecule has 0 amide bonds. The molecule has 0 atom stereocenters. The van der Waals surface area contributed by atoms with Gasteiger partial charge in [-0.3, -0.25) is 4.79 Å². The molecule has 2 aliphatic heterocycles. The number of pyridine rings is 1. The van der Waals surface area contributed by atoms with Crippen molar-refractivity contribution in [1.29, 1.82) is 0 Å². The highest BCUT2D eigenvalue weighted by atomic mass is 16.5. The minimum Gasteiger partial charge on any atom is -0.465 e. The quantitative estimate of drug-likeness (QED) is 0.482. The molecule has 0 spiro atoms. The summed E-state index contributed by atoms with van der Waals surface area (Å²) in [5.41, 5.74) is 2.75. The largest absolute Gasteiger partial charge is 0.465 e. The van der Waals surface area contributed by atoms with Gasteiger partial charge >= 0.3 is 5.97 Å². The molecular formula is C23H25N5O3. The monoisotopic (exact) mass is 419 g/mol. The van der Waals surface area contributed by atoms with E-state index in [0.717, 1.165) is 49.0 Å². The number of nitrogens with one attached hydrogen (secondary N) is 2. The number of esters is 1. The van der Waals surface area contributed by atoms with Crippen LogP contribution in [0.1, 0.15) is 48.3 Å². The molecule has 0 unspecified atom stereocenters. The van der Waals surface area contributed by atoms with Gasteiger partial charge in [-0.1, -0.05) is 31.4 Å². The molecule has 1 aliphatic carbocycles. The van der Waals surface area contributed by atoms with Gasteiger partial charge < -0.3 is 14.3 Å². The number of nitrogens with zero attached hydrogens (tertiary/aromatic N) is 3. The topological polar surface area (TPSA) is 106 Å². The molecule has 8 heteroatoms. The van der Waals surface area contributed by atoms with Gasteiger partial charge in [0.2, 0.25) is 0 Å². The molecule has 31 heavy (non-hydrogen) atoms. The average molecular weight is 419 g/mol. The predicted octanol–water partition coefficient (Wildman–Crippen LogP) is 3.53. The fraction of sp³-hybridized carbons (Fsp3) is 0.391. The number of ether oxygens (including phenoxy) is 1. The van der Waals surface area contributed by atoms with Gasteiger partial charge in [0.05, 0.1) is 23.7 Å². The van der Waals surface area contributed by atoms with Crippen LogP contribution >= 0.6 is 0 Å². The molecule has 0 saturated heterocycles. The molecule has 0 radical (unpaired) electrons. The van der Waals surface area contributed by atoms with Gasteiger partial charge in [0.25, 0.3) is 5.56 Å². The van der Waals surface area contributed by atoms with Crippen molar-refractivity contribution in [3.05, 3.63) is 58.4 Å². The van der Waals surface area contributed by atoms with E-state index in [1.54, 1.807) is 12.4 Å². The molecule has 3 heterocycles. The third-order valence-electron chi connectivity index (χ3n) is 6.43. The first-order valence-electron chi connectivity index (χ1n) is 10.7. The van der Waals surface area contributed by atoms with E-state index < -0.39 is 5.97 Å². The summed E-state index contributed by atoms with van der Waals surface area (Å²) in [6.45, 7) is 0.689. The Labute approximate surface area is 179 Å². The number of aromatic amines is 2. The summed E-state index contributed by atoms with van der Waals surface area (Å²) in [4.78, 5) is 32.9. The van der Waals surface area contributed by atoms with E-state index in [0.29, 0.717) is 23.4 Å². The van der Waals surface area contributed by atoms with E-state index in [1.165, 1.54) is 13.5 Å². The number of hydrogen-bond donors (Lipinski definition) is 2. The standard InChI is InChI=1S/C23H25N5O3/c1-31-22(30)16-13-28(12-15-20(16)26-27-21(15)29)14-23(9-5-2-6-10-23)11-19-24-17-7-3-4-8-18(17)25-19/h3-4,7-8,12-13H,2,5-6,9-11,14H2,1H3,(H,24,25)(H,27,29). The van der Waals surface area contributed by atoms with E-state index >= 15 is 0 Å². The Hall–Kier alpha value is -3.42. The summed E-state index contributed by atoms with van der Waals surface area (Å²) < 4.78 is 6.89. The molecular weight excluding hydrogens is 394 g/mol. The lowest BCUT2D eigenvalue weighted by Crippen LogP contribution is -2.32. The zero-order valence-corrected chi connectivity index (χ0v) is 17.5. The summed E-state index contributed by atoms with van der Waals surface area (Å²) >= 11 is 0. The van der Waals surface area contributed by atoms with Gasteiger partial charge in [0, 0.05) is 25.4 Å². The van der Waals surface area contributed by atoms with Crippen LogP contribution in [-0.4, -0.2) is 37.8 Å². The van der Waals surface area contributed by atoms with Crippen molar-refractivity contribution >= 4 is 17.0 Å². The zero-order chi connectivity index (χ0) is 21.4. The number of H-pyrrole nitrogens is 2. The number of benzene rings is 1. The van der Waals surface area contributed by atoms with Crippen molar-refractivity contribution in [2.45, 2.75) is 45.1 Å². The SMILES string of the molecule is COC(=O)c1cn(CC2(Cc3nc4ccccc4[nH]3)CCCCC2)cc2c(=O)[nH]nc1-2. The Bertz CT molecular complexity index is 1230. The molecule has 1 aromatic carbocycles. The molecule has 0 bridgehead atoms. The zero-order valence-electron chi connectivity index (χ0n) is 17.5. The average Bonchev–Trinajstić information content (AvgIpc) is 3.36. The van der Waals surface area contributed by atoms with E-state index in [2.05, 4.69) is 15.2 Å². The maximum Gasteiger partial charge on any atom is 0.341 e. The fourth-order valence-electron chi connectivity index (χ4n) is 4.96. The second kappa shape index (κ2) is 7.68. The molecule has 1 aromatic heterocycles. The van der Waals surface area contributed by atoms with Crippen molar-refractivity contribution in [3.8, 4) is 11.3 Å². The molecule has 2 N–H and O–H groups in total. The normalized spacial score (nSPS) is 16.0. The van der Waals surface area contributed by atoms with Crippen molar-refractivity contribution in [2.75, 3.05) is 7.11 Å². The lowest BCUT2D eigenvalue weighted by atomic mass is 9.71. The van der Waals surface area contributed by atoms with Gasteiger partial charge in [-0.25, -0.2) is 14.9 Å². The lowest BCUT2D eigenvalue weighted by molar-refractivity contribution is 0.0599. The molecule has 3 aliphatic rings. The minimum absolute atomic E-state index is 0.00928. The van der Waals surface area contributed by atoms with Crippen molar-refractivity contribution < 1.29 is 9.53 Å². The van der Waals surface area contributed by atoms with E-state index in [1.807, 2.05) is 28.8 Å². The number of carbonyl (C=O) groups excluding carboxylic acids is 1. The van der Waals surface area contributed by atoms with Crippen LogP contribution in [0.4, 0.5) is 0 Å². The maximum atomic E-state index is 12.3. The number of carbonyl (C=O) groups is 1. The van der Waals surface area contributed by atoms with Gasteiger partial charge in [0.1, 0.15) is 17.1 Å². The highest BCUT2D eigenvalue weighted by Crippen LogP contribution is 2.41. The van der Waals surface area contributed by atoms with E-state index in [9.17, 15) is 9.59 Å². The first kappa shape index (κ1) is 19.5. The van der Waals surface area contributed by atoms with Crippen molar-refractivity contribution in [1.82, 2.24) is 24.7 Å². The molecule has 8 nitrogen and oxygen atoms in total. The van der Waals surface area contributed by atoms with Crippen molar-refractivity contribution in [2.24, 2.45) is 5.41 Å². The third-order valence-corrected chi connectivity index (χ3v) is 6.43. The number of methoxy groups -OCH3 is 1. The smallest absolute Gasteiger partial charge is 0.341 e. The van der Waals surface area contributed by atoms with Crippen LogP contribution in [0.3, 0.4) is 0 Å². The number of rotatable bonds is 5. The van der Waals surface area contributed by atoms with Crippen LogP contribution in [0.2, 0.25) is 0 Å². The van der Waals surface area contributed by atoms with Gasteiger partial charge in [-0.2, -0.15) is 5.10 Å². The number of fused-ring (bicyclic) bond motifs is 2. The van der Waals surface area contributed by atoms with Crippen molar-refractivity contribution in [3.63, 3.8) is 0 Å². The molecule has 1 saturated carbocycles. The summed E-state index contributed by atoms with van der Waals surface area (Å²) in [6.07, 6.45) is 10.0.